The van der Waals surface area contributed by atoms with Gasteiger partial charge in [0.15, 0.2) is 0 Å². The number of aliphatic hydroxyl groups is 3. The molecule has 0 fully saturated rings. The van der Waals surface area contributed by atoms with E-state index in [4.69, 9.17) is 0 Å². The minimum atomic E-state index is -1.08. The average Bonchev–Trinajstić information content (AvgIpc) is 3.26. The maximum Gasteiger partial charge on any atom is 0.249 e. The second-order valence-electron chi connectivity index (χ2n) is 19.5. The van der Waals surface area contributed by atoms with Crippen molar-refractivity contribution in [2.45, 2.75) is 334 Å². The second kappa shape index (κ2) is 51.7. The number of allylic oxidation sites excluding steroid dienone is 2. The highest BCUT2D eigenvalue weighted by molar-refractivity contribution is 5.80. The fourth-order valence-corrected chi connectivity index (χ4v) is 9.01. The molecule has 0 rings (SSSR count). The van der Waals surface area contributed by atoms with Crippen LogP contribution in [-0.2, 0) is 4.79 Å². The van der Waals surface area contributed by atoms with Gasteiger partial charge in [-0.2, -0.15) is 0 Å². The topological polar surface area (TPSA) is 89.8 Å². The Kier molecular flexibility index (Phi) is 51.0. The third-order valence-electron chi connectivity index (χ3n) is 13.4. The predicted molar refractivity (Wildman–Crippen MR) is 269 cm³/mol. The van der Waals surface area contributed by atoms with Crippen LogP contribution in [-0.4, -0.2) is 46.1 Å². The highest BCUT2D eigenvalue weighted by atomic mass is 16.3. The summed E-state index contributed by atoms with van der Waals surface area (Å²) in [6.45, 7) is 4.27. The lowest BCUT2D eigenvalue weighted by molar-refractivity contribution is -0.131. The van der Waals surface area contributed by atoms with Crippen molar-refractivity contribution in [2.75, 3.05) is 6.61 Å². The molecule has 0 saturated heterocycles. The zero-order valence-corrected chi connectivity index (χ0v) is 41.6. The molecule has 3 atom stereocenters. The lowest BCUT2D eigenvalue weighted by atomic mass is 10.0. The molecule has 3 unspecified atom stereocenters. The normalized spacial score (nSPS) is 13.3. The summed E-state index contributed by atoms with van der Waals surface area (Å²) in [5, 5.41) is 33.6. The maximum atomic E-state index is 12.6. The van der Waals surface area contributed by atoms with Crippen LogP contribution >= 0.6 is 0 Å². The summed E-state index contributed by atoms with van der Waals surface area (Å²) in [4.78, 5) is 12.6. The maximum absolute atomic E-state index is 12.6. The van der Waals surface area contributed by atoms with E-state index in [0.29, 0.717) is 12.8 Å². The van der Waals surface area contributed by atoms with Crippen LogP contribution < -0.4 is 5.32 Å². The van der Waals surface area contributed by atoms with Gasteiger partial charge in [0, 0.05) is 0 Å². The Morgan fingerprint density at radius 2 is 0.623 bits per heavy atom. The molecular formula is C56H111NO4. The molecule has 364 valence electrons. The van der Waals surface area contributed by atoms with E-state index in [1.807, 2.05) is 0 Å². The summed E-state index contributed by atoms with van der Waals surface area (Å²) in [6, 6.07) is -0.712. The molecule has 0 saturated carbocycles. The number of nitrogens with one attached hydrogen (secondary N) is 1. The number of carbonyl (C=O) groups excluding carboxylic acids is 1. The van der Waals surface area contributed by atoms with Crippen molar-refractivity contribution in [1.82, 2.24) is 5.32 Å². The summed E-state index contributed by atoms with van der Waals surface area (Å²) < 4.78 is 0. The van der Waals surface area contributed by atoms with Crippen molar-refractivity contribution >= 4 is 5.91 Å². The molecule has 0 aliphatic rings. The van der Waals surface area contributed by atoms with Crippen LogP contribution in [0.5, 0.6) is 0 Å². The zero-order chi connectivity index (χ0) is 44.4. The van der Waals surface area contributed by atoms with Crippen LogP contribution in [0.3, 0.4) is 0 Å². The quantitative estimate of drug-likeness (QED) is 0.0362. The Morgan fingerprint density at radius 3 is 0.902 bits per heavy atom. The first-order valence-corrected chi connectivity index (χ1v) is 28.0. The van der Waals surface area contributed by atoms with Gasteiger partial charge in [-0.15, -0.1) is 0 Å². The zero-order valence-electron chi connectivity index (χ0n) is 41.6. The molecule has 0 spiro atoms. The molecule has 0 aromatic rings. The smallest absolute Gasteiger partial charge is 0.249 e. The van der Waals surface area contributed by atoms with Gasteiger partial charge in [0.2, 0.25) is 5.91 Å². The summed E-state index contributed by atoms with van der Waals surface area (Å²) in [7, 11) is 0. The van der Waals surface area contributed by atoms with E-state index in [-0.39, 0.29) is 6.61 Å². The molecule has 4 N–H and O–H groups in total. The molecule has 0 bridgehead atoms. The van der Waals surface area contributed by atoms with E-state index in [1.165, 1.54) is 257 Å². The lowest BCUT2D eigenvalue weighted by Crippen LogP contribution is -2.49. The van der Waals surface area contributed by atoms with Crippen molar-refractivity contribution in [3.8, 4) is 0 Å². The summed E-state index contributed by atoms with van der Waals surface area (Å²) >= 11 is 0. The van der Waals surface area contributed by atoms with E-state index < -0.39 is 24.2 Å². The van der Waals surface area contributed by atoms with Gasteiger partial charge < -0.3 is 20.6 Å². The van der Waals surface area contributed by atoms with E-state index >= 15 is 0 Å². The SMILES string of the molecule is CCCCCCCCCCCCCC/C=C\CCCCCCCCCCC(O)C(=O)NC(CO)C(O)CCCCCCCCCCCCCCCCCCCCCCCCC. The molecule has 0 aromatic carbocycles. The highest BCUT2D eigenvalue weighted by Crippen LogP contribution is 2.18. The van der Waals surface area contributed by atoms with Gasteiger partial charge >= 0.3 is 0 Å². The molecule has 1 amide bonds. The molecule has 0 aromatic heterocycles. The highest BCUT2D eigenvalue weighted by Gasteiger charge is 2.23. The van der Waals surface area contributed by atoms with Crippen LogP contribution in [0.2, 0.25) is 0 Å². The first-order chi connectivity index (χ1) is 30.1. The number of carbonyl (C=O) groups is 1. The van der Waals surface area contributed by atoms with Crippen molar-refractivity contribution in [2.24, 2.45) is 0 Å². The van der Waals surface area contributed by atoms with Gasteiger partial charge in [-0.05, 0) is 38.5 Å². The molecule has 5 nitrogen and oxygen atoms in total. The summed E-state index contributed by atoms with van der Waals surface area (Å²) in [6.07, 6.45) is 63.9. The van der Waals surface area contributed by atoms with Crippen molar-refractivity contribution < 1.29 is 20.1 Å². The monoisotopic (exact) mass is 862 g/mol. The molecule has 0 aliphatic heterocycles. The van der Waals surface area contributed by atoms with E-state index in [9.17, 15) is 20.1 Å². The van der Waals surface area contributed by atoms with Crippen LogP contribution in [0.25, 0.3) is 0 Å². The minimum absolute atomic E-state index is 0.311. The second-order valence-corrected chi connectivity index (χ2v) is 19.5. The Hall–Kier alpha value is -0.910. The lowest BCUT2D eigenvalue weighted by Gasteiger charge is -2.23. The van der Waals surface area contributed by atoms with Crippen LogP contribution in [0, 0.1) is 0 Å². The van der Waals surface area contributed by atoms with Gasteiger partial charge in [0.05, 0.1) is 18.8 Å². The molecule has 0 aliphatic carbocycles. The van der Waals surface area contributed by atoms with Gasteiger partial charge in [-0.25, -0.2) is 0 Å². The van der Waals surface area contributed by atoms with Crippen LogP contribution in [0.1, 0.15) is 316 Å². The first-order valence-electron chi connectivity index (χ1n) is 28.0. The molecule has 61 heavy (non-hydrogen) atoms. The van der Waals surface area contributed by atoms with E-state index in [2.05, 4.69) is 31.3 Å². The van der Waals surface area contributed by atoms with E-state index in [1.54, 1.807) is 0 Å². The summed E-state index contributed by atoms with van der Waals surface area (Å²) in [5.74, 6) is -0.467. The number of unbranched alkanes of at least 4 members (excludes halogenated alkanes) is 42. The Morgan fingerprint density at radius 1 is 0.377 bits per heavy atom. The Labute approximate surface area is 382 Å². The van der Waals surface area contributed by atoms with Crippen molar-refractivity contribution in [3.05, 3.63) is 12.2 Å². The third-order valence-corrected chi connectivity index (χ3v) is 13.4. The largest absolute Gasteiger partial charge is 0.394 e. The van der Waals surface area contributed by atoms with Gasteiger partial charge in [0.25, 0.3) is 0 Å². The minimum Gasteiger partial charge on any atom is -0.394 e. The number of hydrogen-bond donors (Lipinski definition) is 4. The van der Waals surface area contributed by atoms with Crippen molar-refractivity contribution in [3.63, 3.8) is 0 Å². The van der Waals surface area contributed by atoms with Gasteiger partial charge in [-0.3, -0.25) is 4.79 Å². The fraction of sp³-hybridized carbons (Fsp3) is 0.946. The average molecular weight is 863 g/mol. The van der Waals surface area contributed by atoms with Crippen LogP contribution in [0.4, 0.5) is 0 Å². The molecule has 5 heteroatoms. The fourth-order valence-electron chi connectivity index (χ4n) is 9.01. The standard InChI is InChI=1S/C56H111NO4/c1-3-5-7-9-11-13-15-17-19-21-23-25-27-29-31-33-35-37-39-41-43-45-47-49-51-55(60)56(61)57-53(52-58)54(59)50-48-46-44-42-40-38-36-34-32-30-28-26-24-22-20-18-16-14-12-10-8-6-4-2/h29,31,53-55,58-60H,3-28,30,32-52H2,1-2H3,(H,57,61)/b31-29-. The number of hydrogen-bond acceptors (Lipinski definition) is 4. The Balaban J connectivity index is 3.53. The predicted octanol–water partition coefficient (Wildman–Crippen LogP) is 17.1. The molecular weight excluding hydrogens is 751 g/mol. The molecule has 0 heterocycles. The third kappa shape index (κ3) is 46.9. The first kappa shape index (κ1) is 60.1. The number of amides is 1. The van der Waals surface area contributed by atoms with Gasteiger partial charge in [0.1, 0.15) is 6.10 Å². The Bertz CT molecular complexity index is 864. The number of aliphatic hydroxyl groups excluding tert-OH is 3. The van der Waals surface area contributed by atoms with E-state index in [0.717, 1.165) is 32.1 Å². The summed E-state index contributed by atoms with van der Waals surface area (Å²) in [5.41, 5.74) is 0. The number of rotatable bonds is 52. The van der Waals surface area contributed by atoms with Crippen molar-refractivity contribution in [1.29, 1.82) is 0 Å². The van der Waals surface area contributed by atoms with Gasteiger partial charge in [-0.1, -0.05) is 289 Å². The van der Waals surface area contributed by atoms with Crippen LogP contribution in [0.15, 0.2) is 12.2 Å². The molecule has 0 radical (unpaired) electrons.